The predicted molar refractivity (Wildman–Crippen MR) is 143 cm³/mol. The van der Waals surface area contributed by atoms with Gasteiger partial charge in [-0.3, -0.25) is 20.1 Å². The molecular formula is C28H34F2N6O. The molecule has 0 atom stereocenters. The second kappa shape index (κ2) is 11.5. The molecule has 9 heteroatoms. The first kappa shape index (κ1) is 27.7. The van der Waals surface area contributed by atoms with Gasteiger partial charge in [0, 0.05) is 11.8 Å². The molecule has 0 bridgehead atoms. The van der Waals surface area contributed by atoms with E-state index in [1.165, 1.54) is 6.07 Å². The highest BCUT2D eigenvalue weighted by molar-refractivity contribution is 5.88. The van der Waals surface area contributed by atoms with Crippen molar-refractivity contribution in [2.24, 2.45) is 5.84 Å². The zero-order chi connectivity index (χ0) is 27.3. The SMILES string of the molecule is CC.COc1ccc(CN(N)C(=N)C(F)(F)c2cnc3c(C)nn(Cc4c(C)cccc4C)c3c2)cc1. The van der Waals surface area contributed by atoms with Gasteiger partial charge in [0.05, 0.1) is 31.4 Å². The molecular weight excluding hydrogens is 474 g/mol. The number of alkyl halides is 2. The molecule has 4 aromatic rings. The number of aryl methyl sites for hydroxylation is 3. The smallest absolute Gasteiger partial charge is 0.332 e. The van der Waals surface area contributed by atoms with Crippen molar-refractivity contribution in [3.8, 4) is 5.75 Å². The summed E-state index contributed by atoms with van der Waals surface area (Å²) in [5, 5.41) is 13.4. The van der Waals surface area contributed by atoms with Crippen LogP contribution in [0.4, 0.5) is 8.78 Å². The molecule has 2 aromatic heterocycles. The molecule has 0 unspecified atom stereocenters. The molecule has 0 fully saturated rings. The summed E-state index contributed by atoms with van der Waals surface area (Å²) < 4.78 is 37.6. The Labute approximate surface area is 216 Å². The average Bonchev–Trinajstić information content (AvgIpc) is 3.21. The lowest BCUT2D eigenvalue weighted by Crippen LogP contribution is -2.45. The van der Waals surface area contributed by atoms with Crippen molar-refractivity contribution in [2.75, 3.05) is 7.11 Å². The normalized spacial score (nSPS) is 11.2. The van der Waals surface area contributed by atoms with Crippen LogP contribution >= 0.6 is 0 Å². The van der Waals surface area contributed by atoms with Gasteiger partial charge in [-0.2, -0.15) is 13.9 Å². The van der Waals surface area contributed by atoms with Gasteiger partial charge in [0.25, 0.3) is 0 Å². The topological polar surface area (TPSA) is 93.1 Å². The Bertz CT molecular complexity index is 1360. The van der Waals surface area contributed by atoms with Crippen molar-refractivity contribution in [3.05, 3.63) is 88.2 Å². The molecule has 4 rings (SSSR count). The first-order valence-corrected chi connectivity index (χ1v) is 12.1. The van der Waals surface area contributed by atoms with Gasteiger partial charge in [-0.1, -0.05) is 44.2 Å². The number of methoxy groups -OCH3 is 1. The minimum atomic E-state index is -3.65. The lowest BCUT2D eigenvalue weighted by molar-refractivity contribution is 0.0572. The number of hydrazine groups is 1. The van der Waals surface area contributed by atoms with Gasteiger partial charge in [-0.25, -0.2) is 5.84 Å². The minimum absolute atomic E-state index is 0.0578. The number of amidine groups is 1. The first-order valence-electron chi connectivity index (χ1n) is 12.1. The molecule has 7 nitrogen and oxygen atoms in total. The van der Waals surface area contributed by atoms with E-state index >= 15 is 8.78 Å². The van der Waals surface area contributed by atoms with Crippen molar-refractivity contribution in [1.29, 1.82) is 5.41 Å². The van der Waals surface area contributed by atoms with Crippen LogP contribution in [0, 0.1) is 26.2 Å². The number of aromatic nitrogens is 3. The zero-order valence-corrected chi connectivity index (χ0v) is 22.1. The second-order valence-corrected chi connectivity index (χ2v) is 8.60. The molecule has 0 amide bonds. The molecule has 0 radical (unpaired) electrons. The molecule has 196 valence electrons. The first-order chi connectivity index (χ1) is 17.6. The van der Waals surface area contributed by atoms with Crippen LogP contribution in [0.25, 0.3) is 11.0 Å². The number of hydrogen-bond donors (Lipinski definition) is 2. The molecule has 0 saturated carbocycles. The van der Waals surface area contributed by atoms with Crippen molar-refractivity contribution >= 4 is 16.9 Å². The van der Waals surface area contributed by atoms with Crippen LogP contribution in [0.15, 0.2) is 54.7 Å². The third-order valence-electron chi connectivity index (χ3n) is 6.17. The maximum atomic E-state index is 15.4. The van der Waals surface area contributed by atoms with E-state index in [4.69, 9.17) is 16.0 Å². The number of fused-ring (bicyclic) bond motifs is 1. The number of halogens is 2. The van der Waals surface area contributed by atoms with Crippen LogP contribution in [0.3, 0.4) is 0 Å². The largest absolute Gasteiger partial charge is 0.497 e. The molecule has 0 spiro atoms. The summed E-state index contributed by atoms with van der Waals surface area (Å²) in [6.45, 7) is 10.2. The fourth-order valence-electron chi connectivity index (χ4n) is 4.08. The Kier molecular flexibility index (Phi) is 8.60. The Morgan fingerprint density at radius 2 is 1.70 bits per heavy atom. The highest BCUT2D eigenvalue weighted by Crippen LogP contribution is 2.32. The van der Waals surface area contributed by atoms with E-state index < -0.39 is 17.3 Å². The number of rotatable bonds is 7. The Morgan fingerprint density at radius 1 is 1.08 bits per heavy atom. The highest BCUT2D eigenvalue weighted by atomic mass is 19.3. The molecule has 2 aromatic carbocycles. The maximum Gasteiger partial charge on any atom is 0.332 e. The quantitative estimate of drug-likeness (QED) is 0.141. The molecule has 3 N–H and O–H groups in total. The molecule has 0 aliphatic rings. The van der Waals surface area contributed by atoms with E-state index in [2.05, 4.69) is 10.1 Å². The van der Waals surface area contributed by atoms with Crippen molar-refractivity contribution in [2.45, 2.75) is 53.6 Å². The third-order valence-corrected chi connectivity index (χ3v) is 6.17. The number of hydrogen-bond acceptors (Lipinski definition) is 5. The van der Waals surface area contributed by atoms with E-state index in [1.54, 1.807) is 43.0 Å². The molecule has 37 heavy (non-hydrogen) atoms. The lowest BCUT2D eigenvalue weighted by atomic mass is 10.0. The number of nitrogens with zero attached hydrogens (tertiary/aromatic N) is 4. The minimum Gasteiger partial charge on any atom is -0.497 e. The van der Waals surface area contributed by atoms with Crippen LogP contribution in [-0.2, 0) is 19.0 Å². The van der Waals surface area contributed by atoms with E-state index in [-0.39, 0.29) is 6.54 Å². The number of nitrogens with two attached hydrogens (primary N) is 1. The number of nitrogens with one attached hydrogen (secondary N) is 1. The number of benzene rings is 2. The Balaban J connectivity index is 0.00000186. The van der Waals surface area contributed by atoms with Crippen molar-refractivity contribution < 1.29 is 13.5 Å². The van der Waals surface area contributed by atoms with Crippen LogP contribution < -0.4 is 10.6 Å². The van der Waals surface area contributed by atoms with E-state index in [1.807, 2.05) is 45.9 Å². The van der Waals surface area contributed by atoms with Gasteiger partial charge in [-0.05, 0) is 61.2 Å². The van der Waals surface area contributed by atoms with Gasteiger partial charge in [0.2, 0.25) is 0 Å². The summed E-state index contributed by atoms with van der Waals surface area (Å²) in [5.41, 5.74) is 5.21. The van der Waals surface area contributed by atoms with Gasteiger partial charge in [-0.15, -0.1) is 0 Å². The third kappa shape index (κ3) is 5.77. The second-order valence-electron chi connectivity index (χ2n) is 8.60. The standard InChI is InChI=1S/C26H28F2N6O.C2H6/c1-16-6-5-7-17(2)22(16)15-34-23-12-20(13-31-24(23)18(3)32-34)26(27,28)25(29)33(30)14-19-8-10-21(35-4)11-9-19;1-2/h5-13,29H,14-15,30H2,1-4H3;1-2H3. The van der Waals surface area contributed by atoms with Crippen LogP contribution in [-0.4, -0.2) is 32.7 Å². The van der Waals surface area contributed by atoms with E-state index in [0.29, 0.717) is 34.6 Å². The fourth-order valence-corrected chi connectivity index (χ4v) is 4.08. The molecule has 0 saturated heterocycles. The predicted octanol–water partition coefficient (Wildman–Crippen LogP) is 5.88. The maximum absolute atomic E-state index is 15.4. The van der Waals surface area contributed by atoms with Gasteiger partial charge in [0.1, 0.15) is 11.3 Å². The van der Waals surface area contributed by atoms with Crippen LogP contribution in [0.1, 0.15) is 47.4 Å². The Morgan fingerprint density at radius 3 is 2.30 bits per heavy atom. The van der Waals surface area contributed by atoms with Gasteiger partial charge in [0.15, 0.2) is 5.84 Å². The monoisotopic (exact) mass is 508 g/mol. The summed E-state index contributed by atoms with van der Waals surface area (Å²) in [4.78, 5) is 4.27. The van der Waals surface area contributed by atoms with E-state index in [0.717, 1.165) is 27.9 Å². The summed E-state index contributed by atoms with van der Waals surface area (Å²) in [6.07, 6.45) is 1.09. The van der Waals surface area contributed by atoms with Gasteiger partial charge >= 0.3 is 5.92 Å². The Hall–Kier alpha value is -3.85. The molecule has 2 heterocycles. The van der Waals surface area contributed by atoms with E-state index in [9.17, 15) is 0 Å². The summed E-state index contributed by atoms with van der Waals surface area (Å²) in [6, 6.07) is 14.2. The zero-order valence-electron chi connectivity index (χ0n) is 22.1. The molecule has 0 aliphatic heterocycles. The lowest BCUT2D eigenvalue weighted by Gasteiger charge is -2.26. The van der Waals surface area contributed by atoms with Crippen LogP contribution in [0.5, 0.6) is 5.75 Å². The fraction of sp³-hybridized carbons (Fsp3) is 0.321. The number of pyridine rings is 1. The summed E-state index contributed by atoms with van der Waals surface area (Å²) in [5.74, 6) is 1.86. The van der Waals surface area contributed by atoms with Crippen molar-refractivity contribution in [3.63, 3.8) is 0 Å². The molecule has 0 aliphatic carbocycles. The average molecular weight is 509 g/mol. The summed E-state index contributed by atoms with van der Waals surface area (Å²) in [7, 11) is 1.54. The van der Waals surface area contributed by atoms with Crippen LogP contribution in [0.2, 0.25) is 0 Å². The summed E-state index contributed by atoms with van der Waals surface area (Å²) >= 11 is 0. The number of ether oxygens (including phenoxy) is 1. The highest BCUT2D eigenvalue weighted by Gasteiger charge is 2.41. The van der Waals surface area contributed by atoms with Gasteiger partial charge < -0.3 is 4.74 Å². The van der Waals surface area contributed by atoms with Crippen molar-refractivity contribution in [1.82, 2.24) is 19.8 Å².